The second-order valence-corrected chi connectivity index (χ2v) is 5.25. The molecule has 0 aromatic heterocycles. The molecule has 84 valence electrons. The molecule has 2 rings (SSSR count). The zero-order valence-electron chi connectivity index (χ0n) is 9.97. The Labute approximate surface area is 94.9 Å². The number of Topliss-reactive ketones (excluding diaryl/α,β-unsaturated/α-hetero) is 1. The molecule has 0 radical (unpaired) electrons. The highest BCUT2D eigenvalue weighted by atomic mass is 16.2. The first kappa shape index (κ1) is 10.9. The van der Waals surface area contributed by atoms with Crippen LogP contribution in [0.15, 0.2) is 12.1 Å². The number of amides is 1. The van der Waals surface area contributed by atoms with E-state index in [2.05, 4.69) is 26.1 Å². The number of anilines is 1. The Bertz CT molecular complexity index is 495. The molecule has 16 heavy (non-hydrogen) atoms. The van der Waals surface area contributed by atoms with E-state index in [0.717, 1.165) is 11.1 Å². The van der Waals surface area contributed by atoms with Gasteiger partial charge in [0.2, 0.25) is 0 Å². The molecule has 3 heteroatoms. The SMILES string of the molecule is Cc1cc(C(C)(C)C)cc2c1NC(=O)C2=O. The minimum absolute atomic E-state index is 0.0221. The average Bonchev–Trinajstić information content (AvgIpc) is 2.44. The van der Waals surface area contributed by atoms with E-state index in [-0.39, 0.29) is 5.41 Å². The van der Waals surface area contributed by atoms with E-state index in [9.17, 15) is 9.59 Å². The third-order valence-corrected chi connectivity index (χ3v) is 2.89. The van der Waals surface area contributed by atoms with Gasteiger partial charge in [0, 0.05) is 0 Å². The quantitative estimate of drug-likeness (QED) is 0.678. The topological polar surface area (TPSA) is 46.2 Å². The second kappa shape index (κ2) is 3.17. The van der Waals surface area contributed by atoms with Gasteiger partial charge in [0.25, 0.3) is 11.7 Å². The van der Waals surface area contributed by atoms with Crippen LogP contribution in [0, 0.1) is 6.92 Å². The van der Waals surface area contributed by atoms with Crippen molar-refractivity contribution in [2.24, 2.45) is 0 Å². The molecule has 1 N–H and O–H groups in total. The van der Waals surface area contributed by atoms with Gasteiger partial charge in [-0.15, -0.1) is 0 Å². The lowest BCUT2D eigenvalue weighted by molar-refractivity contribution is -0.112. The third kappa shape index (κ3) is 1.52. The van der Waals surface area contributed by atoms with E-state index in [1.54, 1.807) is 0 Å². The van der Waals surface area contributed by atoms with Crippen LogP contribution in [-0.4, -0.2) is 11.7 Å². The molecule has 0 saturated carbocycles. The van der Waals surface area contributed by atoms with Crippen LogP contribution < -0.4 is 5.32 Å². The van der Waals surface area contributed by atoms with Crippen molar-refractivity contribution in [1.82, 2.24) is 0 Å². The molecule has 1 amide bonds. The van der Waals surface area contributed by atoms with Gasteiger partial charge in [-0.3, -0.25) is 9.59 Å². The van der Waals surface area contributed by atoms with E-state index >= 15 is 0 Å². The zero-order valence-corrected chi connectivity index (χ0v) is 9.97. The monoisotopic (exact) mass is 217 g/mol. The maximum Gasteiger partial charge on any atom is 0.296 e. The van der Waals surface area contributed by atoms with E-state index < -0.39 is 11.7 Å². The lowest BCUT2D eigenvalue weighted by Crippen LogP contribution is -2.13. The number of carbonyl (C=O) groups is 2. The zero-order chi connectivity index (χ0) is 12.1. The fraction of sp³-hybridized carbons (Fsp3) is 0.385. The lowest BCUT2D eigenvalue weighted by Gasteiger charge is -2.20. The van der Waals surface area contributed by atoms with Gasteiger partial charge in [-0.25, -0.2) is 0 Å². The molecule has 0 aliphatic carbocycles. The number of fused-ring (bicyclic) bond motifs is 1. The highest BCUT2D eigenvalue weighted by Gasteiger charge is 2.30. The maximum absolute atomic E-state index is 11.6. The number of hydrogen-bond acceptors (Lipinski definition) is 2. The summed E-state index contributed by atoms with van der Waals surface area (Å²) in [6.45, 7) is 8.17. The van der Waals surface area contributed by atoms with Crippen molar-refractivity contribution in [2.45, 2.75) is 33.1 Å². The van der Waals surface area contributed by atoms with Gasteiger partial charge < -0.3 is 5.32 Å². The number of nitrogens with one attached hydrogen (secondary N) is 1. The lowest BCUT2D eigenvalue weighted by atomic mass is 9.84. The molecule has 0 atom stereocenters. The van der Waals surface area contributed by atoms with Crippen LogP contribution in [-0.2, 0) is 10.2 Å². The van der Waals surface area contributed by atoms with Crippen molar-refractivity contribution in [3.8, 4) is 0 Å². The molecule has 1 aliphatic heterocycles. The molecule has 1 aromatic carbocycles. The molecular formula is C13H15NO2. The number of rotatable bonds is 0. The van der Waals surface area contributed by atoms with Gasteiger partial charge in [-0.05, 0) is 29.5 Å². The summed E-state index contributed by atoms with van der Waals surface area (Å²) in [5, 5.41) is 2.61. The first-order chi connectivity index (χ1) is 7.30. The smallest absolute Gasteiger partial charge is 0.296 e. The molecule has 0 unspecified atom stereocenters. The first-order valence-electron chi connectivity index (χ1n) is 5.31. The van der Waals surface area contributed by atoms with E-state index in [1.807, 2.05) is 19.1 Å². The summed E-state index contributed by atoms with van der Waals surface area (Å²) in [6, 6.07) is 3.85. The van der Waals surface area contributed by atoms with Gasteiger partial charge >= 0.3 is 0 Å². The Hall–Kier alpha value is -1.64. The summed E-state index contributed by atoms with van der Waals surface area (Å²) >= 11 is 0. The van der Waals surface area contributed by atoms with E-state index in [1.165, 1.54) is 0 Å². The maximum atomic E-state index is 11.6. The van der Waals surface area contributed by atoms with Crippen LogP contribution >= 0.6 is 0 Å². The number of benzene rings is 1. The molecule has 3 nitrogen and oxygen atoms in total. The summed E-state index contributed by atoms with van der Waals surface area (Å²) in [7, 11) is 0. The molecule has 1 aromatic rings. The van der Waals surface area contributed by atoms with Gasteiger partial charge in [0.15, 0.2) is 0 Å². The minimum atomic E-state index is -0.524. The molecule has 0 fully saturated rings. The van der Waals surface area contributed by atoms with E-state index in [0.29, 0.717) is 11.3 Å². The van der Waals surface area contributed by atoms with Gasteiger partial charge in [0.1, 0.15) is 0 Å². The van der Waals surface area contributed by atoms with Crippen LogP contribution in [0.5, 0.6) is 0 Å². The van der Waals surface area contributed by atoms with Gasteiger partial charge in [0.05, 0.1) is 11.3 Å². The Balaban J connectivity index is 2.64. The number of carbonyl (C=O) groups excluding carboxylic acids is 2. The van der Waals surface area contributed by atoms with Crippen molar-refractivity contribution < 1.29 is 9.59 Å². The van der Waals surface area contributed by atoms with Crippen molar-refractivity contribution in [1.29, 1.82) is 0 Å². The molecule has 1 aliphatic rings. The first-order valence-corrected chi connectivity index (χ1v) is 5.31. The largest absolute Gasteiger partial charge is 0.318 e. The van der Waals surface area contributed by atoms with Crippen LogP contribution in [0.4, 0.5) is 5.69 Å². The highest BCUT2D eigenvalue weighted by Crippen LogP contribution is 2.32. The molecule has 0 spiro atoms. The number of ketones is 1. The van der Waals surface area contributed by atoms with Gasteiger partial charge in [-0.2, -0.15) is 0 Å². The second-order valence-electron chi connectivity index (χ2n) is 5.25. The molecular weight excluding hydrogens is 202 g/mol. The molecule has 0 bridgehead atoms. The highest BCUT2D eigenvalue weighted by molar-refractivity contribution is 6.51. The van der Waals surface area contributed by atoms with Crippen molar-refractivity contribution in [2.75, 3.05) is 5.32 Å². The van der Waals surface area contributed by atoms with E-state index in [4.69, 9.17) is 0 Å². The normalized spacial score (nSPS) is 15.0. The van der Waals surface area contributed by atoms with Crippen LogP contribution in [0.1, 0.15) is 42.3 Å². The predicted octanol–water partition coefficient (Wildman–Crippen LogP) is 2.43. The summed E-state index contributed by atoms with van der Waals surface area (Å²) in [5.74, 6) is -0.951. The summed E-state index contributed by atoms with van der Waals surface area (Å²) in [4.78, 5) is 22.9. The predicted molar refractivity (Wildman–Crippen MR) is 62.8 cm³/mol. The Kier molecular flexibility index (Phi) is 2.15. The van der Waals surface area contributed by atoms with Crippen LogP contribution in [0.3, 0.4) is 0 Å². The minimum Gasteiger partial charge on any atom is -0.318 e. The molecule has 1 heterocycles. The van der Waals surface area contributed by atoms with Crippen molar-refractivity contribution in [3.05, 3.63) is 28.8 Å². The summed E-state index contributed by atoms with van der Waals surface area (Å²) < 4.78 is 0. The standard InChI is InChI=1S/C13H15NO2/c1-7-5-8(13(2,3)4)6-9-10(7)14-12(16)11(9)15/h5-6H,1-4H3,(H,14,15,16). The summed E-state index contributed by atoms with van der Waals surface area (Å²) in [5.41, 5.74) is 3.18. The Morgan fingerprint density at radius 2 is 1.75 bits per heavy atom. The summed E-state index contributed by atoms with van der Waals surface area (Å²) in [6.07, 6.45) is 0. The van der Waals surface area contributed by atoms with Gasteiger partial charge in [-0.1, -0.05) is 26.8 Å². The molecule has 0 saturated heterocycles. The number of hydrogen-bond donors (Lipinski definition) is 1. The van der Waals surface area contributed by atoms with Crippen LogP contribution in [0.25, 0.3) is 0 Å². The fourth-order valence-electron chi connectivity index (χ4n) is 1.86. The average molecular weight is 217 g/mol. The fourth-order valence-corrected chi connectivity index (χ4v) is 1.86. The third-order valence-electron chi connectivity index (χ3n) is 2.89. The van der Waals surface area contributed by atoms with Crippen LogP contribution in [0.2, 0.25) is 0 Å². The van der Waals surface area contributed by atoms with Crippen molar-refractivity contribution in [3.63, 3.8) is 0 Å². The number of aryl methyl sites for hydroxylation is 1. The Morgan fingerprint density at radius 3 is 2.31 bits per heavy atom. The van der Waals surface area contributed by atoms with Crippen molar-refractivity contribution >= 4 is 17.4 Å². The Morgan fingerprint density at radius 1 is 1.12 bits per heavy atom.